The lowest BCUT2D eigenvalue weighted by molar-refractivity contribution is 0.103. The van der Waals surface area contributed by atoms with Gasteiger partial charge in [0, 0.05) is 5.56 Å². The summed E-state index contributed by atoms with van der Waals surface area (Å²) < 4.78 is 16.6. The Labute approximate surface area is 89.7 Å². The van der Waals surface area contributed by atoms with Crippen LogP contribution in [0.2, 0.25) is 0 Å². The molecule has 0 aliphatic carbocycles. The summed E-state index contributed by atoms with van der Waals surface area (Å²) in [6, 6.07) is 5.55. The molecule has 0 bridgehead atoms. The third kappa shape index (κ3) is 1.92. The van der Waals surface area contributed by atoms with Gasteiger partial charge in [0.05, 0.1) is 4.88 Å². The van der Waals surface area contributed by atoms with Crippen LogP contribution in [0.3, 0.4) is 0 Å². The fourth-order valence-electron chi connectivity index (χ4n) is 1.21. The fourth-order valence-corrected chi connectivity index (χ4v) is 1.67. The summed E-state index contributed by atoms with van der Waals surface area (Å²) in [5, 5.41) is 3.72. The lowest BCUT2D eigenvalue weighted by Crippen LogP contribution is -2.03. The van der Waals surface area contributed by atoms with Gasteiger partial charge in [0.1, 0.15) is 11.5 Å². The average Bonchev–Trinajstić information content (AvgIpc) is 2.63. The maximum Gasteiger partial charge on any atom is 0.214 e. The van der Waals surface area contributed by atoms with Crippen LogP contribution in [-0.2, 0) is 0 Å². The molecule has 0 saturated heterocycles. The second kappa shape index (κ2) is 3.86. The largest absolute Gasteiger partial charge is 0.287 e. The maximum absolute atomic E-state index is 12.9. The molecule has 2 rings (SSSR count). The molecule has 5 heteroatoms. The van der Waals surface area contributed by atoms with E-state index in [-0.39, 0.29) is 5.78 Å². The van der Waals surface area contributed by atoms with Crippen LogP contribution in [0.15, 0.2) is 24.3 Å². The third-order valence-corrected chi connectivity index (χ3v) is 2.58. The molecule has 3 nitrogen and oxygen atoms in total. The van der Waals surface area contributed by atoms with Gasteiger partial charge in [-0.3, -0.25) is 4.79 Å². The molecule has 0 aliphatic rings. The minimum Gasteiger partial charge on any atom is -0.287 e. The number of ketones is 1. The second-order valence-corrected chi connectivity index (χ2v) is 3.98. The summed E-state index contributed by atoms with van der Waals surface area (Å²) in [7, 11) is 0. The van der Waals surface area contributed by atoms with Crippen molar-refractivity contribution in [1.82, 2.24) is 9.59 Å². The number of rotatable bonds is 2. The van der Waals surface area contributed by atoms with Crippen LogP contribution in [0.5, 0.6) is 0 Å². The van der Waals surface area contributed by atoms with E-state index in [4.69, 9.17) is 0 Å². The van der Waals surface area contributed by atoms with Crippen molar-refractivity contribution in [1.29, 1.82) is 0 Å². The number of carbonyl (C=O) groups is 1. The fraction of sp³-hybridized carbons (Fsp3) is 0.100. The summed E-state index contributed by atoms with van der Waals surface area (Å²) in [4.78, 5) is 12.6. The Morgan fingerprint density at radius 3 is 2.87 bits per heavy atom. The van der Waals surface area contributed by atoms with Crippen LogP contribution in [0.1, 0.15) is 20.9 Å². The summed E-state index contributed by atoms with van der Waals surface area (Å²) in [5.74, 6) is -0.720. The van der Waals surface area contributed by atoms with Gasteiger partial charge < -0.3 is 0 Å². The van der Waals surface area contributed by atoms with E-state index in [1.807, 2.05) is 0 Å². The minimum absolute atomic E-state index is 0.291. The lowest BCUT2D eigenvalue weighted by atomic mass is 10.1. The number of hydrogen-bond donors (Lipinski definition) is 0. The normalized spacial score (nSPS) is 10.3. The molecular weight excluding hydrogens is 215 g/mol. The first-order chi connectivity index (χ1) is 7.18. The van der Waals surface area contributed by atoms with Crippen LogP contribution in [-0.4, -0.2) is 15.4 Å². The average molecular weight is 222 g/mol. The molecule has 2 aromatic rings. The smallest absolute Gasteiger partial charge is 0.214 e. The molecule has 15 heavy (non-hydrogen) atoms. The van der Waals surface area contributed by atoms with E-state index >= 15 is 0 Å². The van der Waals surface area contributed by atoms with Gasteiger partial charge in [-0.05, 0) is 30.6 Å². The van der Waals surface area contributed by atoms with E-state index in [0.717, 1.165) is 16.4 Å². The van der Waals surface area contributed by atoms with Crippen LogP contribution in [0.4, 0.5) is 4.39 Å². The van der Waals surface area contributed by atoms with Crippen molar-refractivity contribution in [3.8, 4) is 0 Å². The molecule has 0 spiro atoms. The molecule has 76 valence electrons. The summed E-state index contributed by atoms with van der Waals surface area (Å²) in [6.07, 6.45) is 0. The molecule has 1 aromatic carbocycles. The van der Waals surface area contributed by atoms with Crippen molar-refractivity contribution in [2.75, 3.05) is 0 Å². The molecule has 0 N–H and O–H groups in total. The number of nitrogens with zero attached hydrogens (tertiary/aromatic N) is 2. The first-order valence-corrected chi connectivity index (χ1v) is 5.05. The predicted molar refractivity (Wildman–Crippen MR) is 54.5 cm³/mol. The standard InChI is InChI=1S/C10H7FN2OS/c1-6-9(12-13-15-6)10(14)7-3-2-4-8(11)5-7/h2-5H,1H3. The van der Waals surface area contributed by atoms with Gasteiger partial charge in [0.2, 0.25) is 5.78 Å². The molecule has 1 aromatic heterocycles. The summed E-state index contributed by atoms with van der Waals surface area (Å²) >= 11 is 1.16. The molecule has 0 unspecified atom stereocenters. The maximum atomic E-state index is 12.9. The molecule has 0 radical (unpaired) electrons. The highest BCUT2D eigenvalue weighted by Gasteiger charge is 2.15. The van der Waals surface area contributed by atoms with Crippen molar-refractivity contribution >= 4 is 17.3 Å². The zero-order chi connectivity index (χ0) is 10.8. The van der Waals surface area contributed by atoms with E-state index < -0.39 is 5.82 Å². The highest BCUT2D eigenvalue weighted by Crippen LogP contribution is 2.14. The molecule has 0 aliphatic heterocycles. The first kappa shape index (κ1) is 9.92. The van der Waals surface area contributed by atoms with Gasteiger partial charge in [-0.15, -0.1) is 5.10 Å². The van der Waals surface area contributed by atoms with Gasteiger partial charge in [0.25, 0.3) is 0 Å². The Kier molecular flexibility index (Phi) is 2.55. The van der Waals surface area contributed by atoms with Crippen LogP contribution in [0, 0.1) is 12.7 Å². The van der Waals surface area contributed by atoms with Crippen molar-refractivity contribution in [3.05, 3.63) is 46.2 Å². The first-order valence-electron chi connectivity index (χ1n) is 4.27. The van der Waals surface area contributed by atoms with E-state index in [1.165, 1.54) is 18.2 Å². The third-order valence-electron chi connectivity index (χ3n) is 1.95. The SMILES string of the molecule is Cc1snnc1C(=O)c1cccc(F)c1. The van der Waals surface area contributed by atoms with Crippen LogP contribution in [0.25, 0.3) is 0 Å². The summed E-state index contributed by atoms with van der Waals surface area (Å²) in [6.45, 7) is 1.76. The molecule has 0 fully saturated rings. The van der Waals surface area contributed by atoms with Crippen LogP contribution < -0.4 is 0 Å². The Bertz CT molecular complexity index is 510. The molecule has 0 amide bonds. The zero-order valence-electron chi connectivity index (χ0n) is 7.90. The van der Waals surface area contributed by atoms with Crippen molar-refractivity contribution in [2.45, 2.75) is 6.92 Å². The Morgan fingerprint density at radius 2 is 2.27 bits per heavy atom. The minimum atomic E-state index is -0.429. The number of carbonyl (C=O) groups excluding carboxylic acids is 1. The van der Waals surface area contributed by atoms with Gasteiger partial charge in [-0.25, -0.2) is 4.39 Å². The Balaban J connectivity index is 2.41. The highest BCUT2D eigenvalue weighted by molar-refractivity contribution is 7.05. The molecule has 1 heterocycles. The molecular formula is C10H7FN2OS. The highest BCUT2D eigenvalue weighted by atomic mass is 32.1. The summed E-state index contributed by atoms with van der Waals surface area (Å²) in [5.41, 5.74) is 0.594. The van der Waals surface area contributed by atoms with Crippen molar-refractivity contribution in [2.24, 2.45) is 0 Å². The van der Waals surface area contributed by atoms with E-state index in [9.17, 15) is 9.18 Å². The Hall–Kier alpha value is -1.62. The second-order valence-electron chi connectivity index (χ2n) is 3.02. The quantitative estimate of drug-likeness (QED) is 0.732. The number of halogens is 1. The zero-order valence-corrected chi connectivity index (χ0v) is 8.71. The van der Waals surface area contributed by atoms with Gasteiger partial charge in [-0.1, -0.05) is 16.6 Å². The number of hydrogen-bond acceptors (Lipinski definition) is 4. The number of aromatic nitrogens is 2. The molecule has 0 saturated carbocycles. The van der Waals surface area contributed by atoms with Crippen molar-refractivity contribution in [3.63, 3.8) is 0 Å². The van der Waals surface area contributed by atoms with Gasteiger partial charge in [-0.2, -0.15) is 0 Å². The van der Waals surface area contributed by atoms with Gasteiger partial charge >= 0.3 is 0 Å². The van der Waals surface area contributed by atoms with E-state index in [0.29, 0.717) is 11.3 Å². The lowest BCUT2D eigenvalue weighted by Gasteiger charge is -1.97. The number of benzene rings is 1. The molecule has 0 atom stereocenters. The van der Waals surface area contributed by atoms with E-state index in [1.54, 1.807) is 13.0 Å². The number of aryl methyl sites for hydroxylation is 1. The van der Waals surface area contributed by atoms with Gasteiger partial charge in [0.15, 0.2) is 0 Å². The topological polar surface area (TPSA) is 42.9 Å². The Morgan fingerprint density at radius 1 is 1.47 bits per heavy atom. The van der Waals surface area contributed by atoms with Crippen molar-refractivity contribution < 1.29 is 9.18 Å². The van der Waals surface area contributed by atoms with Crippen LogP contribution >= 0.6 is 11.5 Å². The monoisotopic (exact) mass is 222 g/mol. The van der Waals surface area contributed by atoms with E-state index in [2.05, 4.69) is 9.59 Å². The predicted octanol–water partition coefficient (Wildman–Crippen LogP) is 2.22.